The smallest absolute Gasteiger partial charge is 0.255 e. The highest BCUT2D eigenvalue weighted by atomic mass is 19.3. The molecule has 3 amide bonds. The Morgan fingerprint density at radius 3 is 2.51 bits per heavy atom. The first-order chi connectivity index (χ1) is 16.9. The van der Waals surface area contributed by atoms with Crippen molar-refractivity contribution in [2.45, 2.75) is 88.9 Å². The molecule has 35 heavy (non-hydrogen) atoms. The van der Waals surface area contributed by atoms with Crippen LogP contribution < -0.4 is 15.5 Å². The number of halogens is 2. The summed E-state index contributed by atoms with van der Waals surface area (Å²) in [5.74, 6) is -0.0801. The Bertz CT molecular complexity index is 975. The standard InChI is InChI=1S/C26H34F2N4O3/c27-23(28)14-29-17-6-8-18(9-7-17)31(13-12-16-4-5-16)21-3-1-2-19-20(21)15-32(26(19)35)22-10-11-24(33)30-25(22)34/h1-3,16-18,22-23,29H,4-15H2,(H,30,33,34). The summed E-state index contributed by atoms with van der Waals surface area (Å²) in [6.07, 6.45) is 5.44. The van der Waals surface area contributed by atoms with Gasteiger partial charge in [-0.15, -0.1) is 0 Å². The van der Waals surface area contributed by atoms with Crippen molar-refractivity contribution in [3.05, 3.63) is 29.3 Å². The maximum absolute atomic E-state index is 13.3. The molecule has 2 aliphatic heterocycles. The maximum Gasteiger partial charge on any atom is 0.255 e. The van der Waals surface area contributed by atoms with Crippen LogP contribution in [0.5, 0.6) is 0 Å². The van der Waals surface area contributed by atoms with Gasteiger partial charge in [-0.05, 0) is 56.6 Å². The number of anilines is 1. The van der Waals surface area contributed by atoms with Crippen molar-refractivity contribution in [1.29, 1.82) is 0 Å². The van der Waals surface area contributed by atoms with E-state index in [-0.39, 0.29) is 30.8 Å². The third-order valence-electron chi connectivity index (χ3n) is 8.04. The van der Waals surface area contributed by atoms with E-state index in [0.29, 0.717) is 24.6 Å². The second kappa shape index (κ2) is 10.2. The van der Waals surface area contributed by atoms with Gasteiger partial charge in [0.15, 0.2) is 0 Å². The zero-order valence-electron chi connectivity index (χ0n) is 20.0. The van der Waals surface area contributed by atoms with Crippen molar-refractivity contribution in [2.75, 3.05) is 18.0 Å². The van der Waals surface area contributed by atoms with Crippen LogP contribution in [0.3, 0.4) is 0 Å². The van der Waals surface area contributed by atoms with E-state index in [2.05, 4.69) is 21.6 Å². The van der Waals surface area contributed by atoms with Crippen LogP contribution in [-0.4, -0.2) is 60.3 Å². The summed E-state index contributed by atoms with van der Waals surface area (Å²) >= 11 is 0. The predicted octanol–water partition coefficient (Wildman–Crippen LogP) is 3.22. The van der Waals surface area contributed by atoms with E-state index in [1.165, 1.54) is 12.8 Å². The Kier molecular flexibility index (Phi) is 7.05. The number of alkyl halides is 2. The van der Waals surface area contributed by atoms with Gasteiger partial charge in [-0.2, -0.15) is 0 Å². The molecule has 3 fully saturated rings. The van der Waals surface area contributed by atoms with Crippen molar-refractivity contribution in [3.8, 4) is 0 Å². The van der Waals surface area contributed by atoms with Gasteiger partial charge in [0, 0.05) is 48.4 Å². The number of rotatable bonds is 9. The lowest BCUT2D eigenvalue weighted by molar-refractivity contribution is -0.136. The lowest BCUT2D eigenvalue weighted by Crippen LogP contribution is -2.52. The van der Waals surface area contributed by atoms with E-state index in [1.807, 2.05) is 12.1 Å². The number of hydrogen-bond donors (Lipinski definition) is 2. The fourth-order valence-electron chi connectivity index (χ4n) is 5.91. The summed E-state index contributed by atoms with van der Waals surface area (Å²) < 4.78 is 25.2. The molecule has 2 saturated carbocycles. The van der Waals surface area contributed by atoms with Gasteiger partial charge in [0.2, 0.25) is 11.8 Å². The molecule has 0 radical (unpaired) electrons. The zero-order chi connectivity index (χ0) is 24.5. The Morgan fingerprint density at radius 1 is 1.06 bits per heavy atom. The fourth-order valence-corrected chi connectivity index (χ4v) is 5.91. The molecular formula is C26H34F2N4O3. The highest BCUT2D eigenvalue weighted by Crippen LogP contribution is 2.39. The molecule has 5 rings (SSSR count). The molecule has 4 aliphatic rings. The first kappa shape index (κ1) is 24.2. The summed E-state index contributed by atoms with van der Waals surface area (Å²) in [5, 5.41) is 5.36. The second-order valence-corrected chi connectivity index (χ2v) is 10.4. The summed E-state index contributed by atoms with van der Waals surface area (Å²) in [4.78, 5) is 41.4. The van der Waals surface area contributed by atoms with Crippen LogP contribution in [0.15, 0.2) is 18.2 Å². The number of hydrogen-bond acceptors (Lipinski definition) is 5. The third kappa shape index (κ3) is 5.34. The molecule has 1 atom stereocenters. The highest BCUT2D eigenvalue weighted by molar-refractivity contribution is 6.06. The Labute approximate surface area is 204 Å². The fraction of sp³-hybridized carbons (Fsp3) is 0.654. The van der Waals surface area contributed by atoms with Gasteiger partial charge in [0.25, 0.3) is 12.3 Å². The van der Waals surface area contributed by atoms with Crippen LogP contribution in [-0.2, 0) is 16.1 Å². The van der Waals surface area contributed by atoms with Gasteiger partial charge in [0.1, 0.15) is 6.04 Å². The summed E-state index contributed by atoms with van der Waals surface area (Å²) in [7, 11) is 0. The Morgan fingerprint density at radius 2 is 1.83 bits per heavy atom. The molecule has 2 N–H and O–H groups in total. The largest absolute Gasteiger partial charge is 0.368 e. The van der Waals surface area contributed by atoms with Gasteiger partial charge in [-0.3, -0.25) is 19.7 Å². The van der Waals surface area contributed by atoms with Crippen LogP contribution in [0, 0.1) is 5.92 Å². The van der Waals surface area contributed by atoms with Crippen molar-refractivity contribution in [3.63, 3.8) is 0 Å². The first-order valence-electron chi connectivity index (χ1n) is 13.0. The zero-order valence-corrected chi connectivity index (χ0v) is 20.0. The molecule has 1 saturated heterocycles. The van der Waals surface area contributed by atoms with E-state index < -0.39 is 18.4 Å². The number of imide groups is 1. The normalized spacial score (nSPS) is 26.8. The summed E-state index contributed by atoms with van der Waals surface area (Å²) in [5.41, 5.74) is 2.64. The predicted molar refractivity (Wildman–Crippen MR) is 127 cm³/mol. The molecule has 0 aromatic heterocycles. The van der Waals surface area contributed by atoms with Crippen LogP contribution >= 0.6 is 0 Å². The number of carbonyl (C=O) groups excluding carboxylic acids is 3. The Balaban J connectivity index is 1.34. The maximum atomic E-state index is 13.3. The van der Waals surface area contributed by atoms with Gasteiger partial charge < -0.3 is 15.1 Å². The molecule has 1 aromatic carbocycles. The van der Waals surface area contributed by atoms with Crippen molar-refractivity contribution < 1.29 is 23.2 Å². The molecule has 2 heterocycles. The number of piperidine rings is 1. The van der Waals surface area contributed by atoms with Crippen LogP contribution in [0.1, 0.15) is 73.7 Å². The summed E-state index contributed by atoms with van der Waals surface area (Å²) in [6, 6.07) is 5.61. The van der Waals surface area contributed by atoms with E-state index in [0.717, 1.165) is 55.8 Å². The minimum absolute atomic E-state index is 0.122. The van der Waals surface area contributed by atoms with E-state index in [1.54, 1.807) is 4.90 Å². The molecule has 190 valence electrons. The third-order valence-corrected chi connectivity index (χ3v) is 8.04. The van der Waals surface area contributed by atoms with E-state index >= 15 is 0 Å². The quantitative estimate of drug-likeness (QED) is 0.522. The minimum Gasteiger partial charge on any atom is -0.368 e. The average molecular weight is 489 g/mol. The van der Waals surface area contributed by atoms with Crippen LogP contribution in [0.25, 0.3) is 0 Å². The van der Waals surface area contributed by atoms with Gasteiger partial charge in [-0.1, -0.05) is 18.9 Å². The number of amides is 3. The average Bonchev–Trinajstić information content (AvgIpc) is 3.61. The van der Waals surface area contributed by atoms with E-state index in [9.17, 15) is 23.2 Å². The molecule has 2 aliphatic carbocycles. The van der Waals surface area contributed by atoms with Gasteiger partial charge >= 0.3 is 0 Å². The van der Waals surface area contributed by atoms with Gasteiger partial charge in [-0.25, -0.2) is 8.78 Å². The van der Waals surface area contributed by atoms with E-state index in [4.69, 9.17) is 0 Å². The monoisotopic (exact) mass is 488 g/mol. The molecule has 1 aromatic rings. The minimum atomic E-state index is -2.33. The number of nitrogens with one attached hydrogen (secondary N) is 2. The first-order valence-corrected chi connectivity index (χ1v) is 13.0. The van der Waals surface area contributed by atoms with Crippen LogP contribution in [0.4, 0.5) is 14.5 Å². The summed E-state index contributed by atoms with van der Waals surface area (Å²) in [6.45, 7) is 1.01. The SMILES string of the molecule is O=C1CCC(N2Cc3c(cccc3N(CCC3CC3)C3CCC(NCC(F)F)CC3)C2=O)C(=O)N1. The van der Waals surface area contributed by atoms with Crippen molar-refractivity contribution in [1.82, 2.24) is 15.5 Å². The number of fused-ring (bicyclic) bond motifs is 1. The number of nitrogens with zero attached hydrogens (tertiary/aromatic N) is 2. The molecule has 0 spiro atoms. The lowest BCUT2D eigenvalue weighted by atomic mass is 9.89. The number of carbonyl (C=O) groups is 3. The highest BCUT2D eigenvalue weighted by Gasteiger charge is 2.41. The lowest BCUT2D eigenvalue weighted by Gasteiger charge is -2.40. The second-order valence-electron chi connectivity index (χ2n) is 10.4. The van der Waals surface area contributed by atoms with Crippen molar-refractivity contribution in [2.24, 2.45) is 5.92 Å². The van der Waals surface area contributed by atoms with Crippen LogP contribution in [0.2, 0.25) is 0 Å². The molecule has 9 heteroatoms. The topological polar surface area (TPSA) is 81.8 Å². The molecule has 0 bridgehead atoms. The molecule has 1 unspecified atom stereocenters. The van der Waals surface area contributed by atoms with Crippen molar-refractivity contribution >= 4 is 23.4 Å². The Hall–Kier alpha value is -2.55. The molecule has 7 nitrogen and oxygen atoms in total. The van der Waals surface area contributed by atoms with Gasteiger partial charge in [0.05, 0.1) is 6.54 Å². The molecular weight excluding hydrogens is 454 g/mol. The number of benzene rings is 1.